The Morgan fingerprint density at radius 2 is 1.88 bits per heavy atom. The first-order valence-corrected chi connectivity index (χ1v) is 7.55. The van der Waals surface area contributed by atoms with Crippen LogP contribution in [0.25, 0.3) is 5.69 Å². The molecule has 24 heavy (non-hydrogen) atoms. The molecule has 2 rings (SSSR count). The molecule has 0 radical (unpaired) electrons. The first kappa shape index (κ1) is 18.3. The van der Waals surface area contributed by atoms with Gasteiger partial charge >= 0.3 is 6.18 Å². The fourth-order valence-electron chi connectivity index (χ4n) is 2.09. The second-order valence-electron chi connectivity index (χ2n) is 5.78. The van der Waals surface area contributed by atoms with E-state index in [4.69, 9.17) is 4.84 Å². The van der Waals surface area contributed by atoms with E-state index in [1.54, 1.807) is 12.2 Å². The van der Waals surface area contributed by atoms with Crippen LogP contribution in [-0.2, 0) is 17.6 Å². The van der Waals surface area contributed by atoms with Crippen molar-refractivity contribution in [2.24, 2.45) is 5.92 Å². The zero-order valence-corrected chi connectivity index (χ0v) is 13.8. The molecule has 0 aliphatic rings. The van der Waals surface area contributed by atoms with Gasteiger partial charge in [0.25, 0.3) is 0 Å². The van der Waals surface area contributed by atoms with Gasteiger partial charge in [0.2, 0.25) is 0 Å². The van der Waals surface area contributed by atoms with E-state index in [2.05, 4.69) is 29.4 Å². The summed E-state index contributed by atoms with van der Waals surface area (Å²) < 4.78 is 39.3. The molecule has 1 aromatic carbocycles. The molecule has 0 saturated heterocycles. The molecule has 2 aromatic rings. The zero-order chi connectivity index (χ0) is 17.7. The first-order chi connectivity index (χ1) is 11.3. The van der Waals surface area contributed by atoms with E-state index in [0.717, 1.165) is 18.6 Å². The van der Waals surface area contributed by atoms with Crippen LogP contribution in [0.4, 0.5) is 13.2 Å². The number of alkyl halides is 3. The Morgan fingerprint density at radius 1 is 1.21 bits per heavy atom. The molecule has 0 amide bonds. The number of benzene rings is 1. The Morgan fingerprint density at radius 3 is 2.42 bits per heavy atom. The summed E-state index contributed by atoms with van der Waals surface area (Å²) in [4.78, 5) is 5.30. The van der Waals surface area contributed by atoms with Crippen LogP contribution in [0.15, 0.2) is 24.3 Å². The van der Waals surface area contributed by atoms with Crippen molar-refractivity contribution in [1.29, 1.82) is 0 Å². The summed E-state index contributed by atoms with van der Waals surface area (Å²) in [6, 6.07) is 4.70. The lowest BCUT2D eigenvalue weighted by Crippen LogP contribution is -2.26. The summed E-state index contributed by atoms with van der Waals surface area (Å²) >= 11 is 0. The fraction of sp³-hybridized carbons (Fsp3) is 0.533. The van der Waals surface area contributed by atoms with E-state index in [1.165, 1.54) is 16.8 Å². The van der Waals surface area contributed by atoms with Crippen LogP contribution in [-0.4, -0.2) is 38.9 Å². The number of tetrazole rings is 1. The highest BCUT2D eigenvalue weighted by Crippen LogP contribution is 2.29. The van der Waals surface area contributed by atoms with Crippen molar-refractivity contribution in [3.8, 4) is 5.69 Å². The van der Waals surface area contributed by atoms with Gasteiger partial charge in [-0.25, -0.2) is 0 Å². The van der Waals surface area contributed by atoms with Crippen LogP contribution in [0.5, 0.6) is 0 Å². The largest absolute Gasteiger partial charge is 0.416 e. The molecule has 6 nitrogen and oxygen atoms in total. The summed E-state index contributed by atoms with van der Waals surface area (Å²) in [6.45, 7) is 5.26. The normalized spacial score (nSPS) is 12.3. The number of hydroxylamine groups is 2. The van der Waals surface area contributed by atoms with E-state index < -0.39 is 11.7 Å². The van der Waals surface area contributed by atoms with Gasteiger partial charge in [0.1, 0.15) is 0 Å². The Balaban J connectivity index is 2.14. The highest BCUT2D eigenvalue weighted by molar-refractivity contribution is 5.35. The predicted octanol–water partition coefficient (Wildman–Crippen LogP) is 3.09. The van der Waals surface area contributed by atoms with E-state index in [-0.39, 0.29) is 0 Å². The van der Waals surface area contributed by atoms with E-state index in [9.17, 15) is 13.2 Å². The van der Waals surface area contributed by atoms with Crippen molar-refractivity contribution in [3.05, 3.63) is 35.7 Å². The quantitative estimate of drug-likeness (QED) is 0.723. The Labute approximate surface area is 138 Å². The number of halogens is 3. The molecule has 132 valence electrons. The van der Waals surface area contributed by atoms with Crippen molar-refractivity contribution in [1.82, 2.24) is 25.3 Å². The third kappa shape index (κ3) is 4.75. The summed E-state index contributed by atoms with van der Waals surface area (Å²) in [5, 5.41) is 13.1. The second-order valence-corrected chi connectivity index (χ2v) is 5.78. The Hall–Kier alpha value is -2.00. The van der Waals surface area contributed by atoms with Crippen molar-refractivity contribution in [3.63, 3.8) is 0 Å². The molecule has 0 fully saturated rings. The monoisotopic (exact) mass is 343 g/mol. The lowest BCUT2D eigenvalue weighted by atomic mass is 10.1. The SMILES string of the molecule is CON(CCC(C)C)Cc1nnnn1-c1ccc(C(F)(F)F)cc1. The molecular weight excluding hydrogens is 323 g/mol. The van der Waals surface area contributed by atoms with Gasteiger partial charge in [-0.05, 0) is 47.0 Å². The number of rotatable bonds is 7. The molecule has 0 saturated carbocycles. The van der Waals surface area contributed by atoms with Gasteiger partial charge in [0.05, 0.1) is 24.9 Å². The van der Waals surface area contributed by atoms with Gasteiger partial charge < -0.3 is 4.84 Å². The summed E-state index contributed by atoms with van der Waals surface area (Å²) in [7, 11) is 1.56. The smallest absolute Gasteiger partial charge is 0.302 e. The Kier molecular flexibility index (Phi) is 5.89. The fourth-order valence-corrected chi connectivity index (χ4v) is 2.09. The number of nitrogens with zero attached hydrogens (tertiary/aromatic N) is 5. The number of aromatic nitrogens is 4. The third-order valence-corrected chi connectivity index (χ3v) is 3.51. The molecular formula is C15H20F3N5O. The molecule has 0 spiro atoms. The van der Waals surface area contributed by atoms with Crippen molar-refractivity contribution in [2.75, 3.05) is 13.7 Å². The minimum Gasteiger partial charge on any atom is -0.302 e. The topological polar surface area (TPSA) is 56.1 Å². The minimum atomic E-state index is -4.37. The summed E-state index contributed by atoms with van der Waals surface area (Å²) in [6.07, 6.45) is -3.43. The van der Waals surface area contributed by atoms with Crippen molar-refractivity contribution in [2.45, 2.75) is 33.0 Å². The van der Waals surface area contributed by atoms with Gasteiger partial charge in [-0.15, -0.1) is 5.10 Å². The molecule has 0 aliphatic heterocycles. The number of hydrogen-bond acceptors (Lipinski definition) is 5. The van der Waals surface area contributed by atoms with E-state index in [0.29, 0.717) is 30.5 Å². The third-order valence-electron chi connectivity index (χ3n) is 3.51. The van der Waals surface area contributed by atoms with Gasteiger partial charge in [0, 0.05) is 6.54 Å². The van der Waals surface area contributed by atoms with Crippen molar-refractivity contribution >= 4 is 0 Å². The highest BCUT2D eigenvalue weighted by atomic mass is 19.4. The molecule has 9 heteroatoms. The summed E-state index contributed by atoms with van der Waals surface area (Å²) in [5.74, 6) is 1.01. The first-order valence-electron chi connectivity index (χ1n) is 7.55. The lowest BCUT2D eigenvalue weighted by Gasteiger charge is -2.19. The van der Waals surface area contributed by atoms with E-state index in [1.807, 2.05) is 0 Å². The van der Waals surface area contributed by atoms with E-state index >= 15 is 0 Å². The van der Waals surface area contributed by atoms with Crippen LogP contribution in [0, 0.1) is 5.92 Å². The molecule has 1 aromatic heterocycles. The Bertz CT molecular complexity index is 639. The minimum absolute atomic E-state index is 0.331. The zero-order valence-electron chi connectivity index (χ0n) is 13.8. The molecule has 0 aliphatic carbocycles. The molecule has 0 unspecified atom stereocenters. The van der Waals surface area contributed by atoms with Crippen LogP contribution in [0.3, 0.4) is 0 Å². The van der Waals surface area contributed by atoms with Gasteiger partial charge in [-0.1, -0.05) is 13.8 Å². The maximum absolute atomic E-state index is 12.6. The second kappa shape index (κ2) is 7.71. The van der Waals surface area contributed by atoms with Gasteiger partial charge in [-0.3, -0.25) is 0 Å². The lowest BCUT2D eigenvalue weighted by molar-refractivity contribution is -0.142. The molecule has 0 N–H and O–H groups in total. The molecule has 0 atom stereocenters. The van der Waals surface area contributed by atoms with Crippen LogP contribution in [0.2, 0.25) is 0 Å². The van der Waals surface area contributed by atoms with Crippen molar-refractivity contribution < 1.29 is 18.0 Å². The standard InChI is InChI=1S/C15H20F3N5O/c1-11(2)8-9-22(24-3)10-14-19-20-21-23(14)13-6-4-12(5-7-13)15(16,17)18/h4-7,11H,8-10H2,1-3H3. The average Bonchev–Trinajstić information content (AvgIpc) is 2.98. The number of hydrogen-bond donors (Lipinski definition) is 0. The maximum atomic E-state index is 12.6. The van der Waals surface area contributed by atoms with Gasteiger partial charge in [0.15, 0.2) is 5.82 Å². The maximum Gasteiger partial charge on any atom is 0.416 e. The van der Waals surface area contributed by atoms with Crippen LogP contribution < -0.4 is 0 Å². The average molecular weight is 343 g/mol. The summed E-state index contributed by atoms with van der Waals surface area (Å²) in [5.41, 5.74) is -0.251. The van der Waals surface area contributed by atoms with Gasteiger partial charge in [-0.2, -0.15) is 22.9 Å². The predicted molar refractivity (Wildman–Crippen MR) is 81.0 cm³/mol. The van der Waals surface area contributed by atoms with Crippen LogP contribution >= 0.6 is 0 Å². The molecule has 0 bridgehead atoms. The van der Waals surface area contributed by atoms with Crippen LogP contribution in [0.1, 0.15) is 31.7 Å². The highest BCUT2D eigenvalue weighted by Gasteiger charge is 2.30. The molecule has 1 heterocycles.